The number of carbonyl (C=O) groups is 2. The van der Waals surface area contributed by atoms with E-state index in [-0.39, 0.29) is 26.5 Å². The molecule has 1 aliphatic rings. The maximum Gasteiger partial charge on any atom is 0.324 e. The third kappa shape index (κ3) is 4.72. The highest BCUT2D eigenvalue weighted by Crippen LogP contribution is 2.32. The number of anilines is 1. The Labute approximate surface area is 206 Å². The van der Waals surface area contributed by atoms with Crippen molar-refractivity contribution < 1.29 is 27.9 Å². The molecule has 2 heterocycles. The van der Waals surface area contributed by atoms with Crippen LogP contribution in [0.15, 0.2) is 47.5 Å². The van der Waals surface area contributed by atoms with Gasteiger partial charge in [-0.15, -0.1) is 0 Å². The number of hydrogen-bond acceptors (Lipinski definition) is 5. The van der Waals surface area contributed by atoms with Crippen LogP contribution in [0.2, 0.25) is 10.0 Å². The van der Waals surface area contributed by atoms with Crippen LogP contribution < -0.4 is 4.31 Å². The van der Waals surface area contributed by atoms with Crippen LogP contribution in [0, 0.1) is 0 Å². The normalized spacial score (nSPS) is 14.4. The monoisotopic (exact) mass is 525 g/mol. The summed E-state index contributed by atoms with van der Waals surface area (Å²) in [5, 5.41) is 10.3. The number of ether oxygens (including phenoxy) is 1. The van der Waals surface area contributed by atoms with Crippen molar-refractivity contribution >= 4 is 61.7 Å². The lowest BCUT2D eigenvalue weighted by molar-refractivity contribution is -0.135. The molecular formula is C22H21Cl2N3O6S. The average Bonchev–Trinajstić information content (AvgIpc) is 3.12. The van der Waals surface area contributed by atoms with Crippen LogP contribution in [-0.4, -0.2) is 67.7 Å². The molecule has 0 bridgehead atoms. The fraction of sp³-hybridized carbons (Fsp3) is 0.273. The number of halogens is 2. The van der Waals surface area contributed by atoms with Crippen molar-refractivity contribution in [3.63, 3.8) is 0 Å². The molecule has 3 aromatic rings. The topological polar surface area (TPSA) is 109 Å². The Balaban J connectivity index is 1.78. The number of carboxylic acids is 1. The molecule has 9 nitrogen and oxygen atoms in total. The second-order valence-corrected chi connectivity index (χ2v) is 10.5. The van der Waals surface area contributed by atoms with Gasteiger partial charge in [0.15, 0.2) is 0 Å². The lowest BCUT2D eigenvalue weighted by atomic mass is 10.1. The number of aromatic nitrogens is 1. The molecule has 0 unspecified atom stereocenters. The minimum atomic E-state index is -4.32. The summed E-state index contributed by atoms with van der Waals surface area (Å²) in [5.41, 5.74) is 1.17. The highest BCUT2D eigenvalue weighted by Gasteiger charge is 2.29. The first-order chi connectivity index (χ1) is 16.1. The summed E-state index contributed by atoms with van der Waals surface area (Å²) in [6.45, 7) is 1.09. The van der Waals surface area contributed by atoms with Crippen LogP contribution >= 0.6 is 23.2 Å². The molecule has 34 heavy (non-hydrogen) atoms. The molecule has 1 N–H and O–H groups in total. The van der Waals surface area contributed by atoms with Gasteiger partial charge in [0.2, 0.25) is 0 Å². The number of aryl methyl sites for hydroxylation is 1. The fourth-order valence-electron chi connectivity index (χ4n) is 3.88. The predicted molar refractivity (Wildman–Crippen MR) is 128 cm³/mol. The number of benzene rings is 2. The van der Waals surface area contributed by atoms with Crippen molar-refractivity contribution in [3.8, 4) is 0 Å². The summed E-state index contributed by atoms with van der Waals surface area (Å²) in [6.07, 6.45) is 1.68. The molecule has 0 saturated carbocycles. The van der Waals surface area contributed by atoms with Crippen LogP contribution in [-0.2, 0) is 26.6 Å². The Bertz CT molecular complexity index is 1360. The van der Waals surface area contributed by atoms with Crippen LogP contribution in [0.1, 0.15) is 10.4 Å². The summed E-state index contributed by atoms with van der Waals surface area (Å²) in [5.74, 6) is -1.49. The van der Waals surface area contributed by atoms with Gasteiger partial charge in [0.25, 0.3) is 15.9 Å². The van der Waals surface area contributed by atoms with E-state index in [1.54, 1.807) is 28.8 Å². The Kier molecular flexibility index (Phi) is 6.77. The second-order valence-electron chi connectivity index (χ2n) is 7.77. The summed E-state index contributed by atoms with van der Waals surface area (Å²) < 4.78 is 34.5. The molecule has 2 aromatic carbocycles. The van der Waals surface area contributed by atoms with Crippen molar-refractivity contribution in [1.29, 1.82) is 0 Å². The lowest BCUT2D eigenvalue weighted by Crippen LogP contribution is -2.40. The molecule has 4 rings (SSSR count). The predicted octanol–water partition coefficient (Wildman–Crippen LogP) is 3.24. The van der Waals surface area contributed by atoms with E-state index in [4.69, 9.17) is 27.9 Å². The Morgan fingerprint density at radius 1 is 1.09 bits per heavy atom. The zero-order valence-corrected chi connectivity index (χ0v) is 20.4. The molecule has 180 valence electrons. The number of amides is 1. The van der Waals surface area contributed by atoms with E-state index in [0.29, 0.717) is 42.8 Å². The number of carbonyl (C=O) groups excluding carboxylic acids is 1. The van der Waals surface area contributed by atoms with E-state index in [1.807, 2.05) is 0 Å². The highest BCUT2D eigenvalue weighted by atomic mass is 35.5. The summed E-state index contributed by atoms with van der Waals surface area (Å²) in [4.78, 5) is 26.1. The van der Waals surface area contributed by atoms with Gasteiger partial charge in [0, 0.05) is 41.8 Å². The lowest BCUT2D eigenvalue weighted by Gasteiger charge is -2.26. The van der Waals surface area contributed by atoms with Crippen molar-refractivity contribution in [1.82, 2.24) is 9.47 Å². The SMILES string of the molecule is Cn1cc(C(=O)N2CCOCC2)c2ccc(N(CC(=O)O)S(=O)(=O)c3cc(Cl)cc(Cl)c3)cc21. The number of hydrogen-bond donors (Lipinski definition) is 1. The summed E-state index contributed by atoms with van der Waals surface area (Å²) in [7, 11) is -2.59. The molecule has 0 spiro atoms. The number of aliphatic carboxylic acids is 1. The van der Waals surface area contributed by atoms with Crippen molar-refractivity contribution in [3.05, 3.63) is 58.2 Å². The third-order valence-corrected chi connectivity index (χ3v) is 7.68. The van der Waals surface area contributed by atoms with Gasteiger partial charge < -0.3 is 19.3 Å². The second kappa shape index (κ2) is 9.46. The van der Waals surface area contributed by atoms with Gasteiger partial charge in [-0.3, -0.25) is 13.9 Å². The van der Waals surface area contributed by atoms with E-state index in [9.17, 15) is 23.1 Å². The minimum Gasteiger partial charge on any atom is -0.480 e. The van der Waals surface area contributed by atoms with Crippen molar-refractivity contribution in [2.45, 2.75) is 4.90 Å². The molecule has 1 amide bonds. The van der Waals surface area contributed by atoms with Gasteiger partial charge >= 0.3 is 5.97 Å². The van der Waals surface area contributed by atoms with Gasteiger partial charge in [-0.2, -0.15) is 0 Å². The van der Waals surface area contributed by atoms with Gasteiger partial charge in [-0.25, -0.2) is 8.42 Å². The standard InChI is InChI=1S/C22H21Cl2N3O6S/c1-25-12-19(22(30)26-4-6-33-7-5-26)18-3-2-16(11-20(18)25)27(13-21(28)29)34(31,32)17-9-14(23)8-15(24)10-17/h2-3,8-12H,4-7,13H2,1H3,(H,28,29). The highest BCUT2D eigenvalue weighted by molar-refractivity contribution is 7.92. The molecule has 0 radical (unpaired) electrons. The number of sulfonamides is 1. The fourth-order valence-corrected chi connectivity index (χ4v) is 6.01. The van der Waals surface area contributed by atoms with E-state index < -0.39 is 22.5 Å². The first-order valence-electron chi connectivity index (χ1n) is 10.2. The van der Waals surface area contributed by atoms with Gasteiger partial charge in [-0.1, -0.05) is 23.2 Å². The van der Waals surface area contributed by atoms with Gasteiger partial charge in [-0.05, 0) is 36.4 Å². The van der Waals surface area contributed by atoms with E-state index in [1.165, 1.54) is 30.3 Å². The van der Waals surface area contributed by atoms with Crippen molar-refractivity contribution in [2.75, 3.05) is 37.2 Å². The summed E-state index contributed by atoms with van der Waals surface area (Å²) >= 11 is 12.0. The maximum absolute atomic E-state index is 13.4. The molecule has 0 atom stereocenters. The molecule has 1 fully saturated rings. The minimum absolute atomic E-state index is 0.102. The number of morpholine rings is 1. The van der Waals surface area contributed by atoms with E-state index >= 15 is 0 Å². The molecular weight excluding hydrogens is 505 g/mol. The average molecular weight is 526 g/mol. The number of nitrogens with zero attached hydrogens (tertiary/aromatic N) is 3. The molecule has 1 aromatic heterocycles. The van der Waals surface area contributed by atoms with Crippen LogP contribution in [0.25, 0.3) is 10.9 Å². The molecule has 1 saturated heterocycles. The van der Waals surface area contributed by atoms with E-state index in [2.05, 4.69) is 0 Å². The Hall–Kier alpha value is -2.79. The first kappa shape index (κ1) is 24.3. The van der Waals surface area contributed by atoms with Crippen LogP contribution in [0.4, 0.5) is 5.69 Å². The zero-order valence-electron chi connectivity index (χ0n) is 18.1. The number of fused-ring (bicyclic) bond motifs is 1. The quantitative estimate of drug-likeness (QED) is 0.529. The first-order valence-corrected chi connectivity index (χ1v) is 12.4. The molecule has 12 heteroatoms. The smallest absolute Gasteiger partial charge is 0.324 e. The summed E-state index contributed by atoms with van der Waals surface area (Å²) in [6, 6.07) is 8.43. The maximum atomic E-state index is 13.4. The Morgan fingerprint density at radius 2 is 1.74 bits per heavy atom. The number of carboxylic acid groups (broad SMARTS) is 1. The number of rotatable bonds is 6. The van der Waals surface area contributed by atoms with Gasteiger partial charge in [0.1, 0.15) is 6.54 Å². The van der Waals surface area contributed by atoms with E-state index in [0.717, 1.165) is 4.31 Å². The van der Waals surface area contributed by atoms with Gasteiger partial charge in [0.05, 0.1) is 34.9 Å². The zero-order chi connectivity index (χ0) is 24.6. The largest absolute Gasteiger partial charge is 0.480 e. The third-order valence-electron chi connectivity index (χ3n) is 5.49. The van der Waals surface area contributed by atoms with Crippen LogP contribution in [0.5, 0.6) is 0 Å². The molecule has 0 aliphatic carbocycles. The molecule has 1 aliphatic heterocycles. The van der Waals surface area contributed by atoms with Crippen molar-refractivity contribution in [2.24, 2.45) is 7.05 Å². The Morgan fingerprint density at radius 3 is 2.35 bits per heavy atom. The van der Waals surface area contributed by atoms with Crippen LogP contribution in [0.3, 0.4) is 0 Å².